The van der Waals surface area contributed by atoms with Crippen molar-refractivity contribution < 1.29 is 8.42 Å². The lowest BCUT2D eigenvalue weighted by Crippen LogP contribution is -2.21. The molecule has 154 valence electrons. The first kappa shape index (κ1) is 20.5. The number of hydrogen-bond donors (Lipinski definition) is 1. The van der Waals surface area contributed by atoms with Gasteiger partial charge in [0.05, 0.1) is 28.7 Å². The number of nitrogens with two attached hydrogens (primary N) is 1. The zero-order chi connectivity index (χ0) is 21.8. The lowest BCUT2D eigenvalue weighted by Gasteiger charge is -2.08. The van der Waals surface area contributed by atoms with Gasteiger partial charge in [0, 0.05) is 12.0 Å². The summed E-state index contributed by atoms with van der Waals surface area (Å²) in [7, 11) is -3.75. The van der Waals surface area contributed by atoms with Gasteiger partial charge in [-0.3, -0.25) is 9.36 Å². The average molecular weight is 430 g/mol. The van der Waals surface area contributed by atoms with Gasteiger partial charge in [0.2, 0.25) is 10.0 Å². The Morgan fingerprint density at radius 2 is 1.68 bits per heavy atom. The number of fused-ring (bicyclic) bond motifs is 1. The molecule has 7 heteroatoms. The van der Waals surface area contributed by atoms with Gasteiger partial charge in [-0.2, -0.15) is 0 Å². The molecule has 1 heterocycles. The Hall–Kier alpha value is -3.73. The van der Waals surface area contributed by atoms with Gasteiger partial charge in [0.1, 0.15) is 0 Å². The van der Waals surface area contributed by atoms with E-state index in [1.165, 1.54) is 23.0 Å². The maximum Gasteiger partial charge on any atom is 0.261 e. The van der Waals surface area contributed by atoms with E-state index in [0.29, 0.717) is 17.3 Å². The molecule has 6 nitrogen and oxygen atoms in total. The quantitative estimate of drug-likeness (QED) is 0.505. The molecular formula is C24H19N3O3S. The molecule has 4 rings (SSSR count). The van der Waals surface area contributed by atoms with E-state index in [2.05, 4.69) is 16.8 Å². The monoisotopic (exact) mass is 429 g/mol. The van der Waals surface area contributed by atoms with E-state index in [0.717, 1.165) is 16.7 Å². The Morgan fingerprint density at radius 1 is 0.935 bits per heavy atom. The van der Waals surface area contributed by atoms with Crippen molar-refractivity contribution in [2.24, 2.45) is 5.14 Å². The number of sulfonamides is 1. The fourth-order valence-corrected chi connectivity index (χ4v) is 3.69. The summed E-state index contributed by atoms with van der Waals surface area (Å²) in [6, 6.07) is 21.4. The van der Waals surface area contributed by atoms with E-state index >= 15 is 0 Å². The third kappa shape index (κ3) is 4.89. The van der Waals surface area contributed by atoms with Crippen LogP contribution in [0, 0.1) is 11.8 Å². The van der Waals surface area contributed by atoms with Crippen molar-refractivity contribution in [3.63, 3.8) is 0 Å². The Kier molecular flexibility index (Phi) is 5.67. The summed E-state index contributed by atoms with van der Waals surface area (Å²) in [5.41, 5.74) is 3.05. The zero-order valence-corrected chi connectivity index (χ0v) is 17.3. The normalized spacial score (nSPS) is 11.1. The maximum absolute atomic E-state index is 13.0. The summed E-state index contributed by atoms with van der Waals surface area (Å²) in [4.78, 5) is 17.4. The van der Waals surface area contributed by atoms with Crippen LogP contribution < -0.4 is 10.7 Å². The third-order valence-electron chi connectivity index (χ3n) is 4.80. The molecule has 0 aliphatic carbocycles. The van der Waals surface area contributed by atoms with Crippen LogP contribution in [0.4, 0.5) is 0 Å². The first-order chi connectivity index (χ1) is 14.9. The summed E-state index contributed by atoms with van der Waals surface area (Å²) in [5, 5.41) is 5.61. The molecule has 4 aromatic rings. The minimum Gasteiger partial charge on any atom is -0.294 e. The first-order valence-electron chi connectivity index (χ1n) is 9.54. The number of primary sulfonamides is 1. The fraction of sp³-hybridized carbons (Fsp3) is 0.0833. The molecule has 0 saturated carbocycles. The van der Waals surface area contributed by atoms with Gasteiger partial charge in [-0.1, -0.05) is 54.3 Å². The molecule has 0 atom stereocenters. The molecule has 0 spiro atoms. The van der Waals surface area contributed by atoms with Gasteiger partial charge in [0.25, 0.3) is 5.56 Å². The second-order valence-corrected chi connectivity index (χ2v) is 8.62. The topological polar surface area (TPSA) is 95.1 Å². The number of benzene rings is 3. The molecule has 3 aromatic carbocycles. The lowest BCUT2D eigenvalue weighted by atomic mass is 10.1. The van der Waals surface area contributed by atoms with Crippen molar-refractivity contribution in [3.05, 3.63) is 106 Å². The highest BCUT2D eigenvalue weighted by atomic mass is 32.2. The van der Waals surface area contributed by atoms with Gasteiger partial charge in [-0.15, -0.1) is 0 Å². The predicted molar refractivity (Wildman–Crippen MR) is 120 cm³/mol. The molecule has 0 aliphatic rings. The van der Waals surface area contributed by atoms with E-state index in [1.54, 1.807) is 24.3 Å². The van der Waals surface area contributed by atoms with Crippen LogP contribution in [-0.4, -0.2) is 18.0 Å². The summed E-state index contributed by atoms with van der Waals surface area (Å²) in [6.45, 7) is 0.261. The van der Waals surface area contributed by atoms with Gasteiger partial charge in [0.15, 0.2) is 0 Å². The fourth-order valence-electron chi connectivity index (χ4n) is 3.17. The molecular weight excluding hydrogens is 410 g/mol. The lowest BCUT2D eigenvalue weighted by molar-refractivity contribution is 0.597. The highest BCUT2D eigenvalue weighted by molar-refractivity contribution is 7.89. The maximum atomic E-state index is 13.0. The molecule has 2 N–H and O–H groups in total. The minimum absolute atomic E-state index is 0.0268. The van der Waals surface area contributed by atoms with Crippen molar-refractivity contribution >= 4 is 20.9 Å². The second kappa shape index (κ2) is 8.56. The largest absolute Gasteiger partial charge is 0.294 e. The van der Waals surface area contributed by atoms with Crippen molar-refractivity contribution in [2.45, 2.75) is 17.9 Å². The molecule has 0 radical (unpaired) electrons. The van der Waals surface area contributed by atoms with Crippen LogP contribution >= 0.6 is 0 Å². The summed E-state index contributed by atoms with van der Waals surface area (Å²) in [5.74, 6) is 6.24. The Labute approximate surface area is 180 Å². The van der Waals surface area contributed by atoms with Crippen molar-refractivity contribution in [3.8, 4) is 11.8 Å². The van der Waals surface area contributed by atoms with Gasteiger partial charge in [-0.25, -0.2) is 18.5 Å². The van der Waals surface area contributed by atoms with Crippen LogP contribution in [0.25, 0.3) is 10.9 Å². The van der Waals surface area contributed by atoms with E-state index in [-0.39, 0.29) is 17.0 Å². The summed E-state index contributed by atoms with van der Waals surface area (Å²) < 4.78 is 24.3. The van der Waals surface area contributed by atoms with Crippen LogP contribution in [-0.2, 0) is 23.0 Å². The number of nitrogens with zero attached hydrogens (tertiary/aromatic N) is 2. The first-order valence-corrected chi connectivity index (χ1v) is 11.1. The predicted octanol–water partition coefficient (Wildman–Crippen LogP) is 2.69. The number of rotatable bonds is 4. The van der Waals surface area contributed by atoms with Crippen LogP contribution in [0.3, 0.4) is 0 Å². The molecule has 0 amide bonds. The molecule has 0 saturated heterocycles. The number of hydrogen-bond acceptors (Lipinski definition) is 4. The van der Waals surface area contributed by atoms with Crippen molar-refractivity contribution in [2.75, 3.05) is 0 Å². The summed E-state index contributed by atoms with van der Waals surface area (Å²) >= 11 is 0. The van der Waals surface area contributed by atoms with Gasteiger partial charge >= 0.3 is 0 Å². The highest BCUT2D eigenvalue weighted by Crippen LogP contribution is 2.12. The molecule has 1 aromatic heterocycles. The smallest absolute Gasteiger partial charge is 0.261 e. The number of aromatic nitrogens is 2. The minimum atomic E-state index is -3.75. The second-order valence-electron chi connectivity index (χ2n) is 7.06. The Bertz CT molecular complexity index is 1460. The molecule has 0 fully saturated rings. The van der Waals surface area contributed by atoms with Gasteiger partial charge in [-0.05, 0) is 41.5 Å². The molecule has 0 bridgehead atoms. The molecule has 0 unspecified atom stereocenters. The van der Waals surface area contributed by atoms with Crippen LogP contribution in [0.2, 0.25) is 0 Å². The third-order valence-corrected chi connectivity index (χ3v) is 5.73. The summed E-state index contributed by atoms with van der Waals surface area (Å²) in [6.07, 6.45) is 2.11. The standard InChI is InChI=1S/C24H19N3O3S/c25-31(29,30)21-12-9-20(10-13-21)16-27-17-26-23-14-11-19(15-22(23)24(27)28)8-4-7-18-5-2-1-3-6-18/h1-3,5-6,9-15,17H,7,16H2,(H2,25,29,30). The van der Waals surface area contributed by atoms with E-state index < -0.39 is 10.0 Å². The zero-order valence-electron chi connectivity index (χ0n) is 16.5. The van der Waals surface area contributed by atoms with Crippen molar-refractivity contribution in [1.29, 1.82) is 0 Å². The van der Waals surface area contributed by atoms with Crippen molar-refractivity contribution in [1.82, 2.24) is 9.55 Å². The van der Waals surface area contributed by atoms with E-state index in [4.69, 9.17) is 5.14 Å². The Balaban J connectivity index is 1.60. The van der Waals surface area contributed by atoms with Crippen LogP contribution in [0.15, 0.2) is 88.8 Å². The van der Waals surface area contributed by atoms with E-state index in [1.807, 2.05) is 36.4 Å². The van der Waals surface area contributed by atoms with Crippen LogP contribution in [0.5, 0.6) is 0 Å². The SMILES string of the molecule is NS(=O)(=O)c1ccc(Cn2cnc3ccc(C#CCc4ccccc4)cc3c2=O)cc1. The average Bonchev–Trinajstić information content (AvgIpc) is 2.76. The highest BCUT2D eigenvalue weighted by Gasteiger charge is 2.09. The van der Waals surface area contributed by atoms with Gasteiger partial charge < -0.3 is 0 Å². The molecule has 0 aliphatic heterocycles. The molecule has 31 heavy (non-hydrogen) atoms. The van der Waals surface area contributed by atoms with E-state index in [9.17, 15) is 13.2 Å². The Morgan fingerprint density at radius 3 is 2.39 bits per heavy atom. The van der Waals surface area contributed by atoms with Crippen LogP contribution in [0.1, 0.15) is 16.7 Å².